The summed E-state index contributed by atoms with van der Waals surface area (Å²) in [7, 11) is 0. The summed E-state index contributed by atoms with van der Waals surface area (Å²) in [6.45, 7) is 0.562. The number of aryl methyl sites for hydroxylation is 2. The number of rotatable bonds is 2. The molecule has 0 fully saturated rings. The quantitative estimate of drug-likeness (QED) is 0.772. The molecule has 3 heteroatoms. The van der Waals surface area contributed by atoms with E-state index in [1.165, 1.54) is 19.3 Å². The van der Waals surface area contributed by atoms with Gasteiger partial charge in [-0.3, -0.25) is 4.79 Å². The number of hydrogen-bond acceptors (Lipinski definition) is 2. The molecule has 0 amide bonds. The van der Waals surface area contributed by atoms with Gasteiger partial charge in [-0.25, -0.2) is 4.68 Å². The Morgan fingerprint density at radius 3 is 2.68 bits per heavy atom. The molecule has 0 spiro atoms. The highest BCUT2D eigenvalue weighted by atomic mass is 16.1. The summed E-state index contributed by atoms with van der Waals surface area (Å²) >= 11 is 0. The van der Waals surface area contributed by atoms with Crippen LogP contribution in [0.4, 0.5) is 0 Å². The maximum Gasteiger partial charge on any atom is 0.267 e. The number of aromatic nitrogens is 2. The van der Waals surface area contributed by atoms with E-state index >= 15 is 0 Å². The zero-order chi connectivity index (χ0) is 13.1. The first-order valence-corrected chi connectivity index (χ1v) is 6.97. The van der Waals surface area contributed by atoms with Gasteiger partial charge in [-0.1, -0.05) is 36.8 Å². The monoisotopic (exact) mass is 254 g/mol. The minimum atomic E-state index is 0.0181. The molecule has 0 unspecified atom stereocenters. The first-order chi connectivity index (χ1) is 9.33. The van der Waals surface area contributed by atoms with E-state index in [-0.39, 0.29) is 5.56 Å². The van der Waals surface area contributed by atoms with Crippen molar-refractivity contribution >= 4 is 0 Å². The third kappa shape index (κ3) is 2.75. The van der Waals surface area contributed by atoms with E-state index < -0.39 is 0 Å². The Balaban J connectivity index is 1.94. The normalized spacial score (nSPS) is 14.7. The molecule has 3 rings (SSSR count). The van der Waals surface area contributed by atoms with Crippen LogP contribution < -0.4 is 5.56 Å². The standard InChI is InChI=1S/C16H18N2O/c19-16-11-14-9-5-2-6-10-15(14)17-18(16)12-13-7-3-1-4-8-13/h1,3-4,7-8,11H,2,5-6,9-10,12H2. The van der Waals surface area contributed by atoms with Gasteiger partial charge in [0.1, 0.15) is 0 Å². The summed E-state index contributed by atoms with van der Waals surface area (Å²) in [6, 6.07) is 11.8. The van der Waals surface area contributed by atoms with Crippen LogP contribution in [0, 0.1) is 0 Å². The van der Waals surface area contributed by atoms with E-state index in [9.17, 15) is 4.79 Å². The Bertz CT molecular complexity index is 616. The molecule has 2 aromatic rings. The van der Waals surface area contributed by atoms with Crippen LogP contribution >= 0.6 is 0 Å². The summed E-state index contributed by atoms with van der Waals surface area (Å²) in [5.41, 5.74) is 3.41. The second-order valence-electron chi connectivity index (χ2n) is 5.16. The average molecular weight is 254 g/mol. The molecule has 1 aliphatic rings. The highest BCUT2D eigenvalue weighted by molar-refractivity contribution is 5.20. The molecule has 1 heterocycles. The fourth-order valence-electron chi connectivity index (χ4n) is 2.65. The average Bonchev–Trinajstić information content (AvgIpc) is 2.65. The van der Waals surface area contributed by atoms with E-state index in [1.54, 1.807) is 10.7 Å². The second kappa shape index (κ2) is 5.39. The van der Waals surface area contributed by atoms with Gasteiger partial charge in [-0.15, -0.1) is 0 Å². The number of benzene rings is 1. The van der Waals surface area contributed by atoms with Gasteiger partial charge in [0.2, 0.25) is 0 Å². The molecular formula is C16H18N2O. The van der Waals surface area contributed by atoms with Gasteiger partial charge < -0.3 is 0 Å². The predicted octanol–water partition coefficient (Wildman–Crippen LogP) is 2.56. The molecule has 1 aliphatic carbocycles. The largest absolute Gasteiger partial charge is 0.268 e. The molecule has 0 bridgehead atoms. The minimum absolute atomic E-state index is 0.0181. The van der Waals surface area contributed by atoms with Crippen molar-refractivity contribution in [1.29, 1.82) is 0 Å². The first kappa shape index (κ1) is 12.2. The van der Waals surface area contributed by atoms with Crippen molar-refractivity contribution in [3.63, 3.8) is 0 Å². The van der Waals surface area contributed by atoms with Crippen molar-refractivity contribution in [1.82, 2.24) is 9.78 Å². The van der Waals surface area contributed by atoms with Crippen molar-refractivity contribution < 1.29 is 0 Å². The molecule has 0 N–H and O–H groups in total. The van der Waals surface area contributed by atoms with Crippen LogP contribution in [0.3, 0.4) is 0 Å². The summed E-state index contributed by atoms with van der Waals surface area (Å²) in [5, 5.41) is 4.57. The Morgan fingerprint density at radius 1 is 1.05 bits per heavy atom. The maximum absolute atomic E-state index is 12.1. The lowest BCUT2D eigenvalue weighted by molar-refractivity contribution is 0.610. The molecular weight excluding hydrogens is 236 g/mol. The van der Waals surface area contributed by atoms with Crippen molar-refractivity contribution in [3.05, 3.63) is 63.6 Å². The van der Waals surface area contributed by atoms with Crippen molar-refractivity contribution in [2.45, 2.75) is 38.6 Å². The van der Waals surface area contributed by atoms with Crippen LogP contribution in [0.2, 0.25) is 0 Å². The van der Waals surface area contributed by atoms with Crippen LogP contribution in [-0.2, 0) is 19.4 Å². The topological polar surface area (TPSA) is 34.9 Å². The molecule has 19 heavy (non-hydrogen) atoms. The van der Waals surface area contributed by atoms with Crippen LogP contribution in [0.1, 0.15) is 36.1 Å². The molecule has 0 atom stereocenters. The van der Waals surface area contributed by atoms with E-state index in [2.05, 4.69) is 5.10 Å². The van der Waals surface area contributed by atoms with Crippen LogP contribution in [0.15, 0.2) is 41.2 Å². The Labute approximate surface area is 112 Å². The van der Waals surface area contributed by atoms with Crippen molar-refractivity contribution in [2.24, 2.45) is 0 Å². The van der Waals surface area contributed by atoms with Gasteiger partial charge in [0, 0.05) is 6.07 Å². The van der Waals surface area contributed by atoms with Crippen molar-refractivity contribution in [2.75, 3.05) is 0 Å². The lowest BCUT2D eigenvalue weighted by Crippen LogP contribution is -2.25. The molecule has 98 valence electrons. The molecule has 1 aromatic carbocycles. The van der Waals surface area contributed by atoms with E-state index in [0.29, 0.717) is 6.54 Å². The highest BCUT2D eigenvalue weighted by Crippen LogP contribution is 2.17. The smallest absolute Gasteiger partial charge is 0.267 e. The zero-order valence-corrected chi connectivity index (χ0v) is 11.0. The van der Waals surface area contributed by atoms with Gasteiger partial charge in [0.15, 0.2) is 0 Å². The summed E-state index contributed by atoms with van der Waals surface area (Å²) in [6.07, 6.45) is 5.61. The Hall–Kier alpha value is -1.90. The third-order valence-corrected chi connectivity index (χ3v) is 3.70. The van der Waals surface area contributed by atoms with E-state index in [4.69, 9.17) is 0 Å². The molecule has 0 radical (unpaired) electrons. The lowest BCUT2D eigenvalue weighted by atomic mass is 10.1. The first-order valence-electron chi connectivity index (χ1n) is 6.97. The fraction of sp³-hybridized carbons (Fsp3) is 0.375. The highest BCUT2D eigenvalue weighted by Gasteiger charge is 2.12. The fourth-order valence-corrected chi connectivity index (χ4v) is 2.65. The molecule has 0 saturated carbocycles. The summed E-state index contributed by atoms with van der Waals surface area (Å²) in [5.74, 6) is 0. The third-order valence-electron chi connectivity index (χ3n) is 3.70. The number of fused-ring (bicyclic) bond motifs is 1. The van der Waals surface area contributed by atoms with Gasteiger partial charge in [-0.2, -0.15) is 5.10 Å². The van der Waals surface area contributed by atoms with Crippen LogP contribution in [0.5, 0.6) is 0 Å². The predicted molar refractivity (Wildman–Crippen MR) is 75.3 cm³/mol. The zero-order valence-electron chi connectivity index (χ0n) is 11.0. The molecule has 0 aliphatic heterocycles. The summed E-state index contributed by atoms with van der Waals surface area (Å²) in [4.78, 5) is 12.1. The molecule has 0 saturated heterocycles. The Morgan fingerprint density at radius 2 is 1.84 bits per heavy atom. The molecule has 1 aromatic heterocycles. The molecule has 3 nitrogen and oxygen atoms in total. The summed E-state index contributed by atoms with van der Waals surface area (Å²) < 4.78 is 1.60. The van der Waals surface area contributed by atoms with Gasteiger partial charge in [0.25, 0.3) is 5.56 Å². The van der Waals surface area contributed by atoms with Gasteiger partial charge in [-0.05, 0) is 36.8 Å². The number of hydrogen-bond donors (Lipinski definition) is 0. The lowest BCUT2D eigenvalue weighted by Gasteiger charge is -2.09. The minimum Gasteiger partial charge on any atom is -0.268 e. The van der Waals surface area contributed by atoms with E-state index in [1.807, 2.05) is 30.3 Å². The second-order valence-corrected chi connectivity index (χ2v) is 5.16. The van der Waals surface area contributed by atoms with Gasteiger partial charge >= 0.3 is 0 Å². The number of nitrogens with zero attached hydrogens (tertiary/aromatic N) is 2. The van der Waals surface area contributed by atoms with Gasteiger partial charge in [0.05, 0.1) is 12.2 Å². The van der Waals surface area contributed by atoms with Crippen LogP contribution in [-0.4, -0.2) is 9.78 Å². The van der Waals surface area contributed by atoms with E-state index in [0.717, 1.165) is 29.7 Å². The Kier molecular flexibility index (Phi) is 3.45. The van der Waals surface area contributed by atoms with Crippen LogP contribution in [0.25, 0.3) is 0 Å². The maximum atomic E-state index is 12.1. The van der Waals surface area contributed by atoms with Crippen molar-refractivity contribution in [3.8, 4) is 0 Å². The SMILES string of the molecule is O=c1cc2c(nn1Cc1ccccc1)CCCCC2.